The third-order valence-corrected chi connectivity index (χ3v) is 4.17. The molecule has 1 fully saturated rings. The molecule has 0 atom stereocenters. The fraction of sp³-hybridized carbons (Fsp3) is 0.632. The zero-order valence-electron chi connectivity index (χ0n) is 15.0. The zero-order valence-corrected chi connectivity index (χ0v) is 15.0. The lowest BCUT2D eigenvalue weighted by molar-refractivity contribution is -0.134. The van der Waals surface area contributed by atoms with Crippen LogP contribution in [-0.2, 0) is 4.79 Å². The lowest BCUT2D eigenvalue weighted by Crippen LogP contribution is -2.50. The van der Waals surface area contributed by atoms with Gasteiger partial charge in [0.15, 0.2) is 0 Å². The molecular formula is C19H30N2O2. The van der Waals surface area contributed by atoms with Crippen molar-refractivity contribution in [3.05, 3.63) is 29.8 Å². The number of nitrogens with zero attached hydrogens (tertiary/aromatic N) is 2. The second-order valence-corrected chi connectivity index (χ2v) is 7.57. The van der Waals surface area contributed by atoms with Crippen molar-refractivity contribution in [3.8, 4) is 5.75 Å². The molecule has 1 aliphatic rings. The molecule has 1 heterocycles. The molecule has 0 unspecified atom stereocenters. The molecule has 0 radical (unpaired) electrons. The highest BCUT2D eigenvalue weighted by atomic mass is 16.5. The Labute approximate surface area is 140 Å². The fourth-order valence-electron chi connectivity index (χ4n) is 2.79. The monoisotopic (exact) mass is 318 g/mol. The number of piperazine rings is 1. The van der Waals surface area contributed by atoms with Gasteiger partial charge in [0.2, 0.25) is 5.91 Å². The molecule has 1 aromatic carbocycles. The van der Waals surface area contributed by atoms with Crippen molar-refractivity contribution in [1.29, 1.82) is 0 Å². The summed E-state index contributed by atoms with van der Waals surface area (Å²) in [6.07, 6.45) is 0.628. The van der Waals surface area contributed by atoms with Gasteiger partial charge >= 0.3 is 0 Å². The van der Waals surface area contributed by atoms with Gasteiger partial charge < -0.3 is 9.64 Å². The van der Waals surface area contributed by atoms with Gasteiger partial charge in [0.1, 0.15) is 12.4 Å². The molecule has 4 heteroatoms. The van der Waals surface area contributed by atoms with Crippen LogP contribution in [0.15, 0.2) is 24.3 Å². The number of aryl methyl sites for hydroxylation is 1. The lowest BCUT2D eigenvalue weighted by Gasteiger charge is -2.35. The number of ether oxygens (including phenoxy) is 1. The van der Waals surface area contributed by atoms with E-state index in [2.05, 4.69) is 38.7 Å². The normalized spacial score (nSPS) is 16.4. The summed E-state index contributed by atoms with van der Waals surface area (Å²) in [5, 5.41) is 0. The summed E-state index contributed by atoms with van der Waals surface area (Å²) in [7, 11) is 0. The average molecular weight is 318 g/mol. The van der Waals surface area contributed by atoms with E-state index in [1.807, 2.05) is 23.1 Å². The molecule has 0 aliphatic carbocycles. The minimum absolute atomic E-state index is 0.0651. The molecule has 1 aromatic rings. The molecule has 0 N–H and O–H groups in total. The van der Waals surface area contributed by atoms with Crippen molar-refractivity contribution in [1.82, 2.24) is 9.80 Å². The summed E-state index contributed by atoms with van der Waals surface area (Å²) in [6.45, 7) is 13.6. The first-order valence-corrected chi connectivity index (χ1v) is 8.54. The molecule has 0 aromatic heterocycles. The highest BCUT2D eigenvalue weighted by molar-refractivity contribution is 5.76. The maximum absolute atomic E-state index is 12.2. The van der Waals surface area contributed by atoms with Crippen LogP contribution in [0.2, 0.25) is 0 Å². The quantitative estimate of drug-likeness (QED) is 0.837. The van der Waals surface area contributed by atoms with Gasteiger partial charge in [-0.15, -0.1) is 0 Å². The van der Waals surface area contributed by atoms with Gasteiger partial charge in [-0.05, 0) is 24.0 Å². The van der Waals surface area contributed by atoms with Crippen molar-refractivity contribution < 1.29 is 9.53 Å². The second-order valence-electron chi connectivity index (χ2n) is 7.57. The Morgan fingerprint density at radius 2 is 1.78 bits per heavy atom. The van der Waals surface area contributed by atoms with Gasteiger partial charge in [0, 0.05) is 39.1 Å². The van der Waals surface area contributed by atoms with Gasteiger partial charge in [-0.25, -0.2) is 0 Å². The van der Waals surface area contributed by atoms with Crippen molar-refractivity contribution >= 4 is 5.91 Å². The van der Waals surface area contributed by atoms with Crippen LogP contribution < -0.4 is 4.74 Å². The molecule has 1 saturated heterocycles. The summed E-state index contributed by atoms with van der Waals surface area (Å²) >= 11 is 0. The Balaban J connectivity index is 1.69. The topological polar surface area (TPSA) is 32.8 Å². The maximum Gasteiger partial charge on any atom is 0.223 e. The SMILES string of the molecule is Cc1ccccc1OCCN1CCN(C(=O)CC(C)(C)C)CC1. The number of carbonyl (C=O) groups excluding carboxylic acids is 1. The van der Waals surface area contributed by atoms with Crippen molar-refractivity contribution in [2.45, 2.75) is 34.1 Å². The van der Waals surface area contributed by atoms with Gasteiger partial charge in [-0.1, -0.05) is 39.0 Å². The minimum Gasteiger partial charge on any atom is -0.492 e. The Bertz CT molecular complexity index is 514. The van der Waals surface area contributed by atoms with Gasteiger partial charge in [0.05, 0.1) is 0 Å². The molecular weight excluding hydrogens is 288 g/mol. The maximum atomic E-state index is 12.2. The smallest absolute Gasteiger partial charge is 0.223 e. The van der Waals surface area contributed by atoms with Gasteiger partial charge in [-0.3, -0.25) is 9.69 Å². The van der Waals surface area contributed by atoms with Crippen LogP contribution in [0.1, 0.15) is 32.8 Å². The van der Waals surface area contributed by atoms with Crippen LogP contribution in [0.4, 0.5) is 0 Å². The second kappa shape index (κ2) is 7.82. The van der Waals surface area contributed by atoms with Crippen LogP contribution in [0.5, 0.6) is 5.75 Å². The van der Waals surface area contributed by atoms with E-state index in [9.17, 15) is 4.79 Å². The predicted octanol–water partition coefficient (Wildman–Crippen LogP) is 2.95. The van der Waals surface area contributed by atoms with Crippen LogP contribution >= 0.6 is 0 Å². The number of rotatable bonds is 5. The third kappa shape index (κ3) is 5.87. The lowest BCUT2D eigenvalue weighted by atomic mass is 9.91. The van der Waals surface area contributed by atoms with Gasteiger partial charge in [0.25, 0.3) is 0 Å². The van der Waals surface area contributed by atoms with Crippen LogP contribution in [0.3, 0.4) is 0 Å². The highest BCUT2D eigenvalue weighted by Crippen LogP contribution is 2.20. The first-order valence-electron chi connectivity index (χ1n) is 8.54. The van der Waals surface area contributed by atoms with Crippen molar-refractivity contribution in [3.63, 3.8) is 0 Å². The van der Waals surface area contributed by atoms with Crippen molar-refractivity contribution in [2.75, 3.05) is 39.3 Å². The van der Waals surface area contributed by atoms with E-state index < -0.39 is 0 Å². The molecule has 2 rings (SSSR count). The van der Waals surface area contributed by atoms with E-state index >= 15 is 0 Å². The standard InChI is InChI=1S/C19H30N2O2/c1-16-7-5-6-8-17(16)23-14-13-20-9-11-21(12-10-20)18(22)15-19(2,3)4/h5-8H,9-15H2,1-4H3. The Morgan fingerprint density at radius 3 is 2.39 bits per heavy atom. The molecule has 1 amide bonds. The number of hydrogen-bond acceptors (Lipinski definition) is 3. The number of hydrogen-bond donors (Lipinski definition) is 0. The van der Waals surface area contributed by atoms with E-state index in [1.165, 1.54) is 5.56 Å². The summed E-state index contributed by atoms with van der Waals surface area (Å²) in [4.78, 5) is 16.6. The Kier molecular flexibility index (Phi) is 6.05. The predicted molar refractivity (Wildman–Crippen MR) is 93.8 cm³/mol. The van der Waals surface area contributed by atoms with E-state index in [0.717, 1.165) is 38.5 Å². The summed E-state index contributed by atoms with van der Waals surface area (Å²) in [5.74, 6) is 1.25. The third-order valence-electron chi connectivity index (χ3n) is 4.17. The molecule has 0 spiro atoms. The van der Waals surface area contributed by atoms with Crippen LogP contribution in [-0.4, -0.2) is 55.0 Å². The van der Waals surface area contributed by atoms with E-state index in [4.69, 9.17) is 4.74 Å². The first kappa shape index (κ1) is 17.8. The molecule has 128 valence electrons. The Hall–Kier alpha value is -1.55. The molecule has 0 bridgehead atoms. The van der Waals surface area contributed by atoms with Gasteiger partial charge in [-0.2, -0.15) is 0 Å². The average Bonchev–Trinajstić information content (AvgIpc) is 2.48. The molecule has 4 nitrogen and oxygen atoms in total. The number of carbonyl (C=O) groups is 1. The highest BCUT2D eigenvalue weighted by Gasteiger charge is 2.24. The largest absolute Gasteiger partial charge is 0.492 e. The Morgan fingerprint density at radius 1 is 1.13 bits per heavy atom. The number of amides is 1. The van der Waals surface area contributed by atoms with E-state index in [1.54, 1.807) is 0 Å². The minimum atomic E-state index is 0.0651. The summed E-state index contributed by atoms with van der Waals surface area (Å²) in [6, 6.07) is 8.10. The van der Waals surface area contributed by atoms with E-state index in [0.29, 0.717) is 13.0 Å². The van der Waals surface area contributed by atoms with Crippen molar-refractivity contribution in [2.24, 2.45) is 5.41 Å². The van der Waals surface area contributed by atoms with E-state index in [-0.39, 0.29) is 11.3 Å². The van der Waals surface area contributed by atoms with Crippen LogP contribution in [0, 0.1) is 12.3 Å². The first-order chi connectivity index (χ1) is 10.8. The number of para-hydroxylation sites is 1. The fourth-order valence-corrected chi connectivity index (χ4v) is 2.79. The van der Waals surface area contributed by atoms with Crippen LogP contribution in [0.25, 0.3) is 0 Å². The summed E-state index contributed by atoms with van der Waals surface area (Å²) in [5.41, 5.74) is 1.24. The zero-order chi connectivity index (χ0) is 16.9. The molecule has 1 aliphatic heterocycles. The molecule has 23 heavy (non-hydrogen) atoms. The molecule has 0 saturated carbocycles. The number of benzene rings is 1. The summed E-state index contributed by atoms with van der Waals surface area (Å²) < 4.78 is 5.86.